The molecule has 1 aliphatic rings. The molecule has 0 aromatic heterocycles. The van der Waals surface area contributed by atoms with Crippen LogP contribution in [0.3, 0.4) is 0 Å². The molecule has 176 valence electrons. The normalized spacial score (nSPS) is 16.4. The lowest BCUT2D eigenvalue weighted by molar-refractivity contribution is -0.133. The molecule has 1 atom stereocenters. The average molecular weight is 547 g/mol. The van der Waals surface area contributed by atoms with Crippen LogP contribution < -0.4 is 20.1 Å². The van der Waals surface area contributed by atoms with E-state index in [4.69, 9.17) is 9.47 Å². The Kier molecular flexibility index (Phi) is 12.6. The highest BCUT2D eigenvalue weighted by atomic mass is 127. The van der Waals surface area contributed by atoms with E-state index in [-0.39, 0.29) is 35.9 Å². The number of anilines is 1. The lowest BCUT2D eigenvalue weighted by Gasteiger charge is -2.25. The summed E-state index contributed by atoms with van der Waals surface area (Å²) in [5, 5.41) is 6.59. The fraction of sp³-hybridized carbons (Fsp3) is 0.636. The fourth-order valence-corrected chi connectivity index (χ4v) is 3.60. The van der Waals surface area contributed by atoms with Crippen molar-refractivity contribution in [3.63, 3.8) is 0 Å². The van der Waals surface area contributed by atoms with Gasteiger partial charge in [0.2, 0.25) is 5.91 Å². The quantitative estimate of drug-likeness (QED) is 0.203. The van der Waals surface area contributed by atoms with E-state index >= 15 is 0 Å². The minimum Gasteiger partial charge on any atom is -0.493 e. The van der Waals surface area contributed by atoms with Gasteiger partial charge in [0, 0.05) is 45.5 Å². The number of amides is 1. The summed E-state index contributed by atoms with van der Waals surface area (Å²) in [5.74, 6) is 2.34. The Balaban J connectivity index is 0.00000480. The summed E-state index contributed by atoms with van der Waals surface area (Å²) in [4.78, 5) is 21.0. The molecule has 9 heteroatoms. The van der Waals surface area contributed by atoms with Crippen molar-refractivity contribution in [3.8, 4) is 11.5 Å². The molecule has 1 saturated heterocycles. The summed E-state index contributed by atoms with van der Waals surface area (Å²) in [6.07, 6.45) is 2.93. The molecule has 31 heavy (non-hydrogen) atoms. The second kappa shape index (κ2) is 14.3. The molecule has 1 aromatic rings. The van der Waals surface area contributed by atoms with Gasteiger partial charge in [-0.3, -0.25) is 14.7 Å². The van der Waals surface area contributed by atoms with Gasteiger partial charge in [0.25, 0.3) is 0 Å². The number of carbonyl (C=O) groups is 1. The third-order valence-electron chi connectivity index (χ3n) is 5.03. The van der Waals surface area contributed by atoms with Crippen molar-refractivity contribution in [1.82, 2.24) is 15.1 Å². The highest BCUT2D eigenvalue weighted by Crippen LogP contribution is 2.30. The Morgan fingerprint density at radius 1 is 1.29 bits per heavy atom. The Hall–Kier alpha value is -1.75. The maximum absolute atomic E-state index is 12.3. The molecule has 1 aliphatic heterocycles. The van der Waals surface area contributed by atoms with Gasteiger partial charge in [0.15, 0.2) is 17.5 Å². The molecule has 1 heterocycles. The first-order valence-electron chi connectivity index (χ1n) is 10.8. The number of nitrogens with zero attached hydrogens (tertiary/aromatic N) is 3. The first-order chi connectivity index (χ1) is 14.5. The third-order valence-corrected chi connectivity index (χ3v) is 5.03. The van der Waals surface area contributed by atoms with Crippen molar-refractivity contribution < 1.29 is 14.3 Å². The van der Waals surface area contributed by atoms with E-state index in [0.29, 0.717) is 18.9 Å². The zero-order valence-electron chi connectivity index (χ0n) is 19.4. The van der Waals surface area contributed by atoms with Crippen molar-refractivity contribution in [2.45, 2.75) is 39.2 Å². The van der Waals surface area contributed by atoms with E-state index in [0.717, 1.165) is 56.3 Å². The first-order valence-corrected chi connectivity index (χ1v) is 10.8. The summed E-state index contributed by atoms with van der Waals surface area (Å²) >= 11 is 0. The number of rotatable bonds is 10. The van der Waals surface area contributed by atoms with Crippen LogP contribution in [0.1, 0.15) is 33.1 Å². The largest absolute Gasteiger partial charge is 0.493 e. The van der Waals surface area contributed by atoms with Crippen LogP contribution in [0.25, 0.3) is 0 Å². The maximum atomic E-state index is 12.3. The fourth-order valence-electron chi connectivity index (χ4n) is 3.60. The van der Waals surface area contributed by atoms with Gasteiger partial charge in [0.1, 0.15) is 0 Å². The molecule has 8 nitrogen and oxygen atoms in total. The Bertz CT molecular complexity index is 714. The number of hydrogen-bond donors (Lipinski definition) is 2. The molecular weight excluding hydrogens is 509 g/mol. The van der Waals surface area contributed by atoms with Crippen molar-refractivity contribution in [1.29, 1.82) is 0 Å². The molecule has 1 aromatic carbocycles. The number of halogens is 1. The molecule has 1 amide bonds. The van der Waals surface area contributed by atoms with Crippen LogP contribution in [0, 0.1) is 0 Å². The Labute approximate surface area is 203 Å². The molecular formula is C22H38IN5O3. The third kappa shape index (κ3) is 8.36. The van der Waals surface area contributed by atoms with E-state index in [1.807, 2.05) is 46.1 Å². The molecule has 2 rings (SSSR count). The van der Waals surface area contributed by atoms with Gasteiger partial charge in [-0.15, -0.1) is 24.0 Å². The standard InChI is InChI=1S/C22H37N5O3.HI/c1-6-23-22(25-17-11-12-19(30-7-2)20(16-17)29-5)24-13-9-15-27-14-8-10-18(27)21(28)26(3)4;/h11-12,16,18H,6-10,13-15H2,1-5H3,(H2,23,24,25);1H. The number of ether oxygens (including phenoxy) is 2. The predicted molar refractivity (Wildman–Crippen MR) is 137 cm³/mol. The molecule has 0 aliphatic carbocycles. The number of likely N-dealkylation sites (tertiary alicyclic amines) is 1. The van der Waals surface area contributed by atoms with Gasteiger partial charge < -0.3 is 25.0 Å². The number of guanidine groups is 1. The maximum Gasteiger partial charge on any atom is 0.239 e. The number of benzene rings is 1. The van der Waals surface area contributed by atoms with E-state index in [1.165, 1.54) is 0 Å². The van der Waals surface area contributed by atoms with Gasteiger partial charge in [-0.05, 0) is 51.8 Å². The van der Waals surface area contributed by atoms with Crippen molar-refractivity contribution in [3.05, 3.63) is 18.2 Å². The van der Waals surface area contributed by atoms with Crippen LogP contribution >= 0.6 is 24.0 Å². The van der Waals surface area contributed by atoms with Gasteiger partial charge in [-0.1, -0.05) is 0 Å². The number of likely N-dealkylation sites (N-methyl/N-ethyl adjacent to an activating group) is 1. The van der Waals surface area contributed by atoms with E-state index < -0.39 is 0 Å². The molecule has 0 saturated carbocycles. The number of aliphatic imine (C=N–C) groups is 1. The van der Waals surface area contributed by atoms with Crippen LogP contribution in [-0.4, -0.2) is 81.7 Å². The Morgan fingerprint density at radius 2 is 2.06 bits per heavy atom. The van der Waals surface area contributed by atoms with E-state index in [9.17, 15) is 4.79 Å². The smallest absolute Gasteiger partial charge is 0.239 e. The van der Waals surface area contributed by atoms with Crippen molar-refractivity contribution in [2.75, 3.05) is 59.3 Å². The topological polar surface area (TPSA) is 78.4 Å². The summed E-state index contributed by atoms with van der Waals surface area (Å²) in [7, 11) is 5.29. The van der Waals surface area contributed by atoms with Crippen LogP contribution in [0.4, 0.5) is 5.69 Å². The van der Waals surface area contributed by atoms with Gasteiger partial charge in [-0.2, -0.15) is 0 Å². The highest BCUT2D eigenvalue weighted by molar-refractivity contribution is 14.0. The van der Waals surface area contributed by atoms with Crippen molar-refractivity contribution >= 4 is 41.5 Å². The minimum absolute atomic E-state index is 0. The number of hydrogen-bond acceptors (Lipinski definition) is 5. The molecule has 0 bridgehead atoms. The van der Waals surface area contributed by atoms with Crippen molar-refractivity contribution in [2.24, 2.45) is 4.99 Å². The zero-order valence-corrected chi connectivity index (χ0v) is 21.8. The summed E-state index contributed by atoms with van der Waals surface area (Å²) in [6.45, 7) is 7.89. The molecule has 2 N–H and O–H groups in total. The second-order valence-electron chi connectivity index (χ2n) is 7.46. The predicted octanol–water partition coefficient (Wildman–Crippen LogP) is 3.03. The SMILES string of the molecule is CCNC(=NCCCN1CCCC1C(=O)N(C)C)Nc1ccc(OCC)c(OC)c1.I. The molecule has 0 radical (unpaired) electrons. The Morgan fingerprint density at radius 3 is 2.71 bits per heavy atom. The summed E-state index contributed by atoms with van der Waals surface area (Å²) in [6, 6.07) is 5.76. The number of carbonyl (C=O) groups excluding carboxylic acids is 1. The lowest BCUT2D eigenvalue weighted by Crippen LogP contribution is -2.43. The summed E-state index contributed by atoms with van der Waals surface area (Å²) in [5.41, 5.74) is 0.881. The van der Waals surface area contributed by atoms with Gasteiger partial charge >= 0.3 is 0 Å². The van der Waals surface area contributed by atoms with Crippen LogP contribution in [0.15, 0.2) is 23.2 Å². The zero-order chi connectivity index (χ0) is 21.9. The lowest BCUT2D eigenvalue weighted by atomic mass is 10.2. The number of methoxy groups -OCH3 is 1. The molecule has 1 unspecified atom stereocenters. The van der Waals surface area contributed by atoms with E-state index in [2.05, 4.69) is 20.5 Å². The average Bonchev–Trinajstić information content (AvgIpc) is 3.20. The van der Waals surface area contributed by atoms with Crippen LogP contribution in [0.5, 0.6) is 11.5 Å². The second-order valence-corrected chi connectivity index (χ2v) is 7.46. The highest BCUT2D eigenvalue weighted by Gasteiger charge is 2.30. The first kappa shape index (κ1) is 27.3. The minimum atomic E-state index is 0. The molecule has 0 spiro atoms. The van der Waals surface area contributed by atoms with Crippen LogP contribution in [0.2, 0.25) is 0 Å². The number of nitrogens with one attached hydrogen (secondary N) is 2. The van der Waals surface area contributed by atoms with Crippen LogP contribution in [-0.2, 0) is 4.79 Å². The summed E-state index contributed by atoms with van der Waals surface area (Å²) < 4.78 is 11.0. The van der Waals surface area contributed by atoms with Gasteiger partial charge in [0.05, 0.1) is 19.8 Å². The van der Waals surface area contributed by atoms with E-state index in [1.54, 1.807) is 12.0 Å². The van der Waals surface area contributed by atoms with Gasteiger partial charge in [-0.25, -0.2) is 0 Å². The monoisotopic (exact) mass is 547 g/mol. The molecule has 1 fully saturated rings.